The van der Waals surface area contributed by atoms with E-state index in [0.29, 0.717) is 17.1 Å². The number of nitrogens with zero attached hydrogens (tertiary/aromatic N) is 4. The van der Waals surface area contributed by atoms with Crippen molar-refractivity contribution >= 4 is 143 Å². The number of fused-ring (bicyclic) bond motifs is 15. The molecule has 0 aliphatic carbocycles. The predicted octanol–water partition coefficient (Wildman–Crippen LogP) is 17.7. The van der Waals surface area contributed by atoms with Gasteiger partial charge in [-0.25, -0.2) is 4.98 Å². The minimum absolute atomic E-state index is 0.488. The van der Waals surface area contributed by atoms with Crippen LogP contribution in [0.5, 0.6) is 0 Å². The molecule has 0 atom stereocenters. The lowest BCUT2D eigenvalue weighted by molar-refractivity contribution is 0.653. The highest BCUT2D eigenvalue weighted by atomic mass is 16.3. The molecule has 0 aliphatic rings. The first kappa shape index (κ1) is 37.7. The first-order valence-electron chi connectivity index (χ1n) is 23.1. The maximum Gasteiger partial charge on any atom is 0.230 e. The van der Waals surface area contributed by atoms with E-state index < -0.39 is 0 Å². The van der Waals surface area contributed by atoms with Gasteiger partial charge in [0.15, 0.2) is 5.58 Å². The van der Waals surface area contributed by atoms with Gasteiger partial charge in [-0.05, 0) is 116 Å². The largest absolute Gasteiger partial charge is 0.456 e. The van der Waals surface area contributed by atoms with Crippen LogP contribution in [0.25, 0.3) is 109 Å². The van der Waals surface area contributed by atoms with Gasteiger partial charge in [0.1, 0.15) is 33.7 Å². The minimum Gasteiger partial charge on any atom is -0.456 e. The van der Waals surface area contributed by atoms with E-state index in [-0.39, 0.29) is 0 Å². The molecule has 0 saturated carbocycles. The van der Waals surface area contributed by atoms with Gasteiger partial charge in [-0.2, -0.15) is 4.98 Å². The highest BCUT2D eigenvalue weighted by Gasteiger charge is 2.22. The van der Waals surface area contributed by atoms with Crippen LogP contribution in [0, 0.1) is 0 Å². The summed E-state index contributed by atoms with van der Waals surface area (Å²) in [5.41, 5.74) is 9.77. The molecule has 69 heavy (non-hydrogen) atoms. The number of rotatable bonds is 6. The van der Waals surface area contributed by atoms with E-state index in [0.717, 1.165) is 94.0 Å². The summed E-state index contributed by atoms with van der Waals surface area (Å²) < 4.78 is 19.6. The summed E-state index contributed by atoms with van der Waals surface area (Å²) in [6, 6.07) is 74.4. The first-order chi connectivity index (χ1) is 34.1. The van der Waals surface area contributed by atoms with Gasteiger partial charge >= 0.3 is 0 Å². The van der Waals surface area contributed by atoms with Gasteiger partial charge in [-0.3, -0.25) is 4.90 Å². The van der Waals surface area contributed by atoms with Crippen LogP contribution < -0.4 is 9.80 Å². The molecule has 10 aromatic carbocycles. The second kappa shape index (κ2) is 14.5. The number of benzene rings is 10. The molecular formula is C62H36N4O3. The highest BCUT2D eigenvalue weighted by Crippen LogP contribution is 2.44. The molecule has 5 heterocycles. The molecule has 0 bridgehead atoms. The average molecular weight is 885 g/mol. The van der Waals surface area contributed by atoms with E-state index >= 15 is 0 Å². The minimum atomic E-state index is 0.488. The van der Waals surface area contributed by atoms with Crippen LogP contribution in [0.15, 0.2) is 232 Å². The molecule has 0 radical (unpaired) electrons. The van der Waals surface area contributed by atoms with E-state index in [1.807, 2.05) is 48.7 Å². The zero-order valence-corrected chi connectivity index (χ0v) is 36.8. The average Bonchev–Trinajstić information content (AvgIpc) is 4.09. The standard InChI is InChI=1S/C62H36N4O3/c1-3-11-46-37(9-1)17-19-39-31-41(21-25-48(39)46)65(43-23-27-52-50-13-5-7-15-55(50)67-57(52)33-43)45-35-59-61(63-36-45)54-29-30-60(64-62(54)69-59)66(44-24-28-53-51-14-6-8-16-56(51)68-58(53)34-44)42-22-26-49-40(32-42)20-18-38-10-2-4-12-47(38)49/h1-36H. The zero-order chi connectivity index (χ0) is 45.2. The van der Waals surface area contributed by atoms with E-state index in [2.05, 4.69) is 180 Å². The fourth-order valence-corrected chi connectivity index (χ4v) is 10.6. The van der Waals surface area contributed by atoms with Crippen molar-refractivity contribution < 1.29 is 13.3 Å². The Bertz CT molecular complexity index is 4310. The third kappa shape index (κ3) is 5.87. The normalized spacial score (nSPS) is 12.1. The van der Waals surface area contributed by atoms with Crippen LogP contribution in [0.4, 0.5) is 34.3 Å². The molecule has 15 rings (SSSR count). The van der Waals surface area contributed by atoms with Gasteiger partial charge in [0.25, 0.3) is 0 Å². The molecule has 322 valence electrons. The lowest BCUT2D eigenvalue weighted by atomic mass is 10.0. The lowest BCUT2D eigenvalue weighted by Crippen LogP contribution is -2.11. The maximum absolute atomic E-state index is 6.77. The zero-order valence-electron chi connectivity index (χ0n) is 36.8. The Kier molecular flexibility index (Phi) is 7.94. The Balaban J connectivity index is 0.888. The van der Waals surface area contributed by atoms with Gasteiger partial charge in [-0.1, -0.05) is 121 Å². The Morgan fingerprint density at radius 3 is 1.33 bits per heavy atom. The van der Waals surface area contributed by atoms with Crippen molar-refractivity contribution in [3.63, 3.8) is 0 Å². The van der Waals surface area contributed by atoms with Crippen molar-refractivity contribution in [2.75, 3.05) is 9.80 Å². The van der Waals surface area contributed by atoms with Crippen LogP contribution in [0.1, 0.15) is 0 Å². The Labute approximate surface area is 393 Å². The maximum atomic E-state index is 6.77. The summed E-state index contributed by atoms with van der Waals surface area (Å²) in [5, 5.41) is 14.6. The highest BCUT2D eigenvalue weighted by molar-refractivity contribution is 6.12. The van der Waals surface area contributed by atoms with Gasteiger partial charge in [0, 0.05) is 56.8 Å². The van der Waals surface area contributed by atoms with E-state index in [1.165, 1.54) is 32.3 Å². The Morgan fingerprint density at radius 2 is 0.725 bits per heavy atom. The van der Waals surface area contributed by atoms with Crippen LogP contribution in [-0.2, 0) is 0 Å². The summed E-state index contributed by atoms with van der Waals surface area (Å²) in [5.74, 6) is 0.696. The molecular weight excluding hydrogens is 849 g/mol. The molecule has 0 amide bonds. The molecule has 0 fully saturated rings. The number of para-hydroxylation sites is 2. The van der Waals surface area contributed by atoms with E-state index in [1.54, 1.807) is 0 Å². The molecule has 0 saturated heterocycles. The van der Waals surface area contributed by atoms with Crippen LogP contribution in [-0.4, -0.2) is 9.97 Å². The Morgan fingerprint density at radius 1 is 0.290 bits per heavy atom. The molecule has 0 spiro atoms. The SMILES string of the molecule is c1ccc2c(c1)ccc1cc(N(c3ccc4c(c3)oc3ccccc34)c3cnc4c(c3)oc3nc(N(c5ccc6c(ccc7ccccc76)c5)c5ccc6c(c5)oc5ccccc56)ccc34)ccc12. The second-order valence-corrected chi connectivity index (χ2v) is 17.8. The molecule has 0 unspecified atom stereocenters. The predicted molar refractivity (Wildman–Crippen MR) is 283 cm³/mol. The number of aromatic nitrogens is 2. The van der Waals surface area contributed by atoms with Gasteiger partial charge < -0.3 is 18.2 Å². The third-order valence-corrected chi connectivity index (χ3v) is 13.8. The molecule has 0 aliphatic heterocycles. The molecule has 5 aromatic heterocycles. The van der Waals surface area contributed by atoms with Crippen molar-refractivity contribution in [2.24, 2.45) is 0 Å². The van der Waals surface area contributed by atoms with E-state index in [4.69, 9.17) is 23.2 Å². The van der Waals surface area contributed by atoms with E-state index in [9.17, 15) is 0 Å². The second-order valence-electron chi connectivity index (χ2n) is 17.8. The number of pyridine rings is 2. The van der Waals surface area contributed by atoms with Crippen LogP contribution in [0.2, 0.25) is 0 Å². The molecule has 0 N–H and O–H groups in total. The topological polar surface area (TPSA) is 71.7 Å². The summed E-state index contributed by atoms with van der Waals surface area (Å²) in [7, 11) is 0. The van der Waals surface area contributed by atoms with Crippen molar-refractivity contribution in [3.05, 3.63) is 219 Å². The summed E-state index contributed by atoms with van der Waals surface area (Å²) in [6.45, 7) is 0. The number of hydrogen-bond donors (Lipinski definition) is 0. The summed E-state index contributed by atoms with van der Waals surface area (Å²) in [6.07, 6.45) is 1.92. The van der Waals surface area contributed by atoms with Crippen LogP contribution in [0.3, 0.4) is 0 Å². The monoisotopic (exact) mass is 884 g/mol. The van der Waals surface area contributed by atoms with Crippen molar-refractivity contribution in [1.82, 2.24) is 9.97 Å². The quantitative estimate of drug-likeness (QED) is 0.154. The number of anilines is 6. The summed E-state index contributed by atoms with van der Waals surface area (Å²) in [4.78, 5) is 14.8. The van der Waals surface area contributed by atoms with Crippen LogP contribution >= 0.6 is 0 Å². The smallest absolute Gasteiger partial charge is 0.230 e. The molecule has 7 heteroatoms. The van der Waals surface area contributed by atoms with Gasteiger partial charge in [-0.15, -0.1) is 0 Å². The lowest BCUT2D eigenvalue weighted by Gasteiger charge is -2.25. The van der Waals surface area contributed by atoms with Gasteiger partial charge in [0.2, 0.25) is 5.71 Å². The van der Waals surface area contributed by atoms with Crippen molar-refractivity contribution in [2.45, 2.75) is 0 Å². The number of furan rings is 3. The third-order valence-electron chi connectivity index (χ3n) is 13.8. The van der Waals surface area contributed by atoms with Crippen molar-refractivity contribution in [3.8, 4) is 0 Å². The van der Waals surface area contributed by atoms with Gasteiger partial charge in [0.05, 0.1) is 23.0 Å². The number of hydrogen-bond acceptors (Lipinski definition) is 7. The Hall–Kier alpha value is -9.46. The van der Waals surface area contributed by atoms with Crippen molar-refractivity contribution in [1.29, 1.82) is 0 Å². The fourth-order valence-electron chi connectivity index (χ4n) is 10.6. The summed E-state index contributed by atoms with van der Waals surface area (Å²) >= 11 is 0. The fraction of sp³-hybridized carbons (Fsp3) is 0. The molecule has 7 nitrogen and oxygen atoms in total. The first-order valence-corrected chi connectivity index (χ1v) is 23.1. The molecule has 15 aromatic rings.